The summed E-state index contributed by atoms with van der Waals surface area (Å²) in [7, 11) is 0. The Kier molecular flexibility index (Phi) is 4.95. The summed E-state index contributed by atoms with van der Waals surface area (Å²) in [4.78, 5) is 16.1. The first-order valence-corrected chi connectivity index (χ1v) is 7.64. The zero-order valence-electron chi connectivity index (χ0n) is 12.1. The normalized spacial score (nSPS) is 18.5. The number of aromatic nitrogens is 1. The summed E-state index contributed by atoms with van der Waals surface area (Å²) in [6, 6.07) is 0. The number of ether oxygens (including phenoxy) is 1. The number of amides is 1. The maximum atomic E-state index is 10.5. The minimum absolute atomic E-state index is 0.113. The van der Waals surface area contributed by atoms with Crippen LogP contribution in [0.5, 0.6) is 0 Å². The molecule has 1 atom stereocenters. The van der Waals surface area contributed by atoms with E-state index in [2.05, 4.69) is 22.5 Å². The standard InChI is InChI=1S/C15H20N2O2S/c1-10(2)19-14-6-12(15-11(3)17-9-20-15)4-5-13(14)7-16-8-18/h5-6,8-10,12H,4,7H2,1-3H3,(H,16,18). The fourth-order valence-electron chi connectivity index (χ4n) is 2.26. The maximum Gasteiger partial charge on any atom is 0.207 e. The molecule has 1 aliphatic carbocycles. The van der Waals surface area contributed by atoms with Gasteiger partial charge in [-0.25, -0.2) is 4.98 Å². The fourth-order valence-corrected chi connectivity index (χ4v) is 3.14. The number of aryl methyl sites for hydroxylation is 1. The Morgan fingerprint density at radius 2 is 2.40 bits per heavy atom. The molecule has 20 heavy (non-hydrogen) atoms. The van der Waals surface area contributed by atoms with Crippen LogP contribution in [0.1, 0.15) is 36.8 Å². The van der Waals surface area contributed by atoms with Crippen LogP contribution in [0.15, 0.2) is 29.0 Å². The van der Waals surface area contributed by atoms with Crippen LogP contribution in [0.3, 0.4) is 0 Å². The van der Waals surface area contributed by atoms with Crippen LogP contribution in [0.25, 0.3) is 0 Å². The summed E-state index contributed by atoms with van der Waals surface area (Å²) in [6.07, 6.45) is 6.06. The van der Waals surface area contributed by atoms with Crippen molar-refractivity contribution in [3.8, 4) is 0 Å². The van der Waals surface area contributed by atoms with Gasteiger partial charge in [-0.2, -0.15) is 0 Å². The van der Waals surface area contributed by atoms with Gasteiger partial charge in [0.25, 0.3) is 0 Å². The van der Waals surface area contributed by atoms with Crippen LogP contribution in [-0.2, 0) is 9.53 Å². The third-order valence-corrected chi connectivity index (χ3v) is 4.21. The number of allylic oxidation sites excluding steroid dienone is 2. The molecule has 4 nitrogen and oxygen atoms in total. The second kappa shape index (κ2) is 6.70. The largest absolute Gasteiger partial charge is 0.491 e. The topological polar surface area (TPSA) is 51.2 Å². The molecule has 0 spiro atoms. The van der Waals surface area contributed by atoms with E-state index in [0.29, 0.717) is 18.9 Å². The molecule has 0 radical (unpaired) electrons. The van der Waals surface area contributed by atoms with Gasteiger partial charge in [0.05, 0.1) is 17.3 Å². The van der Waals surface area contributed by atoms with Gasteiger partial charge in [-0.15, -0.1) is 11.3 Å². The molecule has 0 bridgehead atoms. The van der Waals surface area contributed by atoms with Crippen molar-refractivity contribution in [1.82, 2.24) is 10.3 Å². The predicted octanol–water partition coefficient (Wildman–Crippen LogP) is 2.92. The Bertz CT molecular complexity index is 532. The number of thiazole rings is 1. The van der Waals surface area contributed by atoms with E-state index in [1.807, 2.05) is 26.3 Å². The lowest BCUT2D eigenvalue weighted by Gasteiger charge is -2.23. The molecule has 2 rings (SSSR count). The Labute approximate surface area is 123 Å². The van der Waals surface area contributed by atoms with Gasteiger partial charge in [-0.3, -0.25) is 4.79 Å². The maximum absolute atomic E-state index is 10.5. The molecule has 5 heteroatoms. The summed E-state index contributed by atoms with van der Waals surface area (Å²) < 4.78 is 5.89. The monoisotopic (exact) mass is 292 g/mol. The van der Waals surface area contributed by atoms with Gasteiger partial charge >= 0.3 is 0 Å². The summed E-state index contributed by atoms with van der Waals surface area (Å²) in [5.41, 5.74) is 4.02. The molecule has 0 aromatic carbocycles. The number of nitrogens with zero attached hydrogens (tertiary/aromatic N) is 1. The molecule has 1 heterocycles. The minimum atomic E-state index is 0.113. The van der Waals surface area contributed by atoms with E-state index in [0.717, 1.165) is 23.4 Å². The lowest BCUT2D eigenvalue weighted by molar-refractivity contribution is -0.109. The molecule has 1 N–H and O–H groups in total. The van der Waals surface area contributed by atoms with E-state index >= 15 is 0 Å². The van der Waals surface area contributed by atoms with Crippen LogP contribution >= 0.6 is 11.3 Å². The molecular weight excluding hydrogens is 272 g/mol. The van der Waals surface area contributed by atoms with Crippen LogP contribution in [0, 0.1) is 6.92 Å². The average molecular weight is 292 g/mol. The van der Waals surface area contributed by atoms with Gasteiger partial charge in [-0.1, -0.05) is 6.08 Å². The minimum Gasteiger partial charge on any atom is -0.491 e. The SMILES string of the molecule is Cc1ncsc1C1C=C(OC(C)C)C(CNC=O)=CC1. The number of nitrogens with one attached hydrogen (secondary N) is 1. The molecule has 1 aromatic heterocycles. The number of carbonyl (C=O) groups is 1. The van der Waals surface area contributed by atoms with Crippen molar-refractivity contribution in [3.63, 3.8) is 0 Å². The number of hydrogen-bond acceptors (Lipinski definition) is 4. The Hall–Kier alpha value is -1.62. The highest BCUT2D eigenvalue weighted by Gasteiger charge is 2.21. The van der Waals surface area contributed by atoms with Crippen molar-refractivity contribution in [3.05, 3.63) is 39.6 Å². The highest BCUT2D eigenvalue weighted by molar-refractivity contribution is 7.09. The van der Waals surface area contributed by atoms with Crippen LogP contribution in [0.4, 0.5) is 0 Å². The first kappa shape index (κ1) is 14.8. The van der Waals surface area contributed by atoms with E-state index in [1.165, 1.54) is 4.88 Å². The van der Waals surface area contributed by atoms with Gasteiger partial charge in [0.1, 0.15) is 5.76 Å². The third-order valence-electron chi connectivity index (χ3n) is 3.15. The molecular formula is C15H20N2O2S. The average Bonchev–Trinajstić information content (AvgIpc) is 2.83. The molecule has 0 saturated carbocycles. The van der Waals surface area contributed by atoms with Crippen molar-refractivity contribution in [2.24, 2.45) is 0 Å². The van der Waals surface area contributed by atoms with Gasteiger partial charge in [0.15, 0.2) is 0 Å². The molecule has 108 valence electrons. The van der Waals surface area contributed by atoms with Crippen LogP contribution in [0.2, 0.25) is 0 Å². The zero-order valence-corrected chi connectivity index (χ0v) is 12.9. The van der Waals surface area contributed by atoms with E-state index in [1.54, 1.807) is 11.3 Å². The van der Waals surface area contributed by atoms with E-state index < -0.39 is 0 Å². The van der Waals surface area contributed by atoms with Crippen molar-refractivity contribution in [2.75, 3.05) is 6.54 Å². The highest BCUT2D eigenvalue weighted by atomic mass is 32.1. The second-order valence-corrected chi connectivity index (χ2v) is 5.96. The van der Waals surface area contributed by atoms with Crippen molar-refractivity contribution in [1.29, 1.82) is 0 Å². The summed E-state index contributed by atoms with van der Waals surface area (Å²) >= 11 is 1.68. The lowest BCUT2D eigenvalue weighted by Crippen LogP contribution is -2.20. The molecule has 0 saturated heterocycles. The molecule has 1 unspecified atom stereocenters. The van der Waals surface area contributed by atoms with E-state index in [9.17, 15) is 4.79 Å². The highest BCUT2D eigenvalue weighted by Crippen LogP contribution is 2.34. The summed E-state index contributed by atoms with van der Waals surface area (Å²) in [6.45, 7) is 6.56. The zero-order chi connectivity index (χ0) is 14.5. The summed E-state index contributed by atoms with van der Waals surface area (Å²) in [5.74, 6) is 1.19. The molecule has 1 aromatic rings. The summed E-state index contributed by atoms with van der Waals surface area (Å²) in [5, 5.41) is 2.70. The van der Waals surface area contributed by atoms with Crippen LogP contribution in [-0.4, -0.2) is 24.0 Å². The number of rotatable bonds is 6. The van der Waals surface area contributed by atoms with Gasteiger partial charge in [-0.05, 0) is 33.3 Å². The Morgan fingerprint density at radius 1 is 1.60 bits per heavy atom. The van der Waals surface area contributed by atoms with Crippen LogP contribution < -0.4 is 5.32 Å². The van der Waals surface area contributed by atoms with Crippen molar-refractivity contribution >= 4 is 17.7 Å². The number of carbonyl (C=O) groups excluding carboxylic acids is 1. The second-order valence-electron chi connectivity index (χ2n) is 5.07. The first-order chi connectivity index (χ1) is 9.61. The quantitative estimate of drug-likeness (QED) is 0.820. The fraction of sp³-hybridized carbons (Fsp3) is 0.467. The van der Waals surface area contributed by atoms with Crippen molar-refractivity contribution in [2.45, 2.75) is 39.2 Å². The Morgan fingerprint density at radius 3 is 3.00 bits per heavy atom. The van der Waals surface area contributed by atoms with Gasteiger partial charge in [0, 0.05) is 22.9 Å². The first-order valence-electron chi connectivity index (χ1n) is 6.76. The Balaban J connectivity index is 2.20. The lowest BCUT2D eigenvalue weighted by atomic mass is 9.93. The smallest absolute Gasteiger partial charge is 0.207 e. The molecule has 1 aliphatic rings. The predicted molar refractivity (Wildman–Crippen MR) is 80.7 cm³/mol. The number of hydrogen-bond donors (Lipinski definition) is 1. The van der Waals surface area contributed by atoms with Gasteiger partial charge < -0.3 is 10.1 Å². The molecule has 1 amide bonds. The van der Waals surface area contributed by atoms with Gasteiger partial charge in [0.2, 0.25) is 6.41 Å². The van der Waals surface area contributed by atoms with E-state index in [-0.39, 0.29) is 6.10 Å². The van der Waals surface area contributed by atoms with Crippen molar-refractivity contribution < 1.29 is 9.53 Å². The van der Waals surface area contributed by atoms with E-state index in [4.69, 9.17) is 4.74 Å². The molecule has 0 fully saturated rings. The molecule has 0 aliphatic heterocycles. The third kappa shape index (κ3) is 3.48.